The van der Waals surface area contributed by atoms with Gasteiger partial charge < -0.3 is 5.11 Å². The number of aliphatic hydroxyl groups excluding tert-OH is 1. The number of rotatable bonds is 2. The van der Waals surface area contributed by atoms with Crippen molar-refractivity contribution in [3.8, 4) is 6.07 Å². The lowest BCUT2D eigenvalue weighted by Gasteiger charge is -1.99. The van der Waals surface area contributed by atoms with Gasteiger partial charge in [-0.15, -0.1) is 0 Å². The van der Waals surface area contributed by atoms with E-state index in [-0.39, 0.29) is 6.42 Å². The van der Waals surface area contributed by atoms with Crippen LogP contribution in [0.15, 0.2) is 12.3 Å². The highest BCUT2D eigenvalue weighted by molar-refractivity contribution is 5.04. The van der Waals surface area contributed by atoms with Crippen LogP contribution < -0.4 is 0 Å². The van der Waals surface area contributed by atoms with Crippen molar-refractivity contribution < 1.29 is 5.11 Å². The minimum absolute atomic E-state index is 0.0943. The third-order valence-electron chi connectivity index (χ3n) is 1.36. The van der Waals surface area contributed by atoms with Crippen LogP contribution in [0.1, 0.15) is 18.2 Å². The summed E-state index contributed by atoms with van der Waals surface area (Å²) in [6, 6.07) is 3.57. The van der Waals surface area contributed by atoms with Crippen molar-refractivity contribution in [1.29, 1.82) is 5.26 Å². The molecule has 0 spiro atoms. The first-order valence-electron chi connectivity index (χ1n) is 3.28. The van der Waals surface area contributed by atoms with Gasteiger partial charge in [0.2, 0.25) is 0 Å². The van der Waals surface area contributed by atoms with E-state index in [1.54, 1.807) is 24.0 Å². The molecular weight excluding hydrogens is 142 g/mol. The summed E-state index contributed by atoms with van der Waals surface area (Å²) in [5.41, 5.74) is 0.550. The maximum absolute atomic E-state index is 9.24. The second kappa shape index (κ2) is 3.17. The van der Waals surface area contributed by atoms with Gasteiger partial charge in [0, 0.05) is 13.2 Å². The van der Waals surface area contributed by atoms with Gasteiger partial charge in [-0.3, -0.25) is 4.68 Å². The van der Waals surface area contributed by atoms with E-state index in [9.17, 15) is 5.11 Å². The Morgan fingerprint density at radius 2 is 2.64 bits per heavy atom. The first-order valence-corrected chi connectivity index (χ1v) is 3.28. The predicted molar refractivity (Wildman–Crippen MR) is 38.4 cm³/mol. The zero-order valence-corrected chi connectivity index (χ0v) is 6.23. The quantitative estimate of drug-likeness (QED) is 0.664. The Hall–Kier alpha value is -1.34. The molecule has 0 aliphatic carbocycles. The van der Waals surface area contributed by atoms with Gasteiger partial charge in [-0.25, -0.2) is 0 Å². The fourth-order valence-corrected chi connectivity index (χ4v) is 0.802. The molecule has 11 heavy (non-hydrogen) atoms. The number of hydrogen-bond acceptors (Lipinski definition) is 3. The Morgan fingerprint density at radius 1 is 1.91 bits per heavy atom. The Labute approximate surface area is 64.7 Å². The summed E-state index contributed by atoms with van der Waals surface area (Å²) >= 11 is 0. The first kappa shape index (κ1) is 7.76. The molecule has 1 heterocycles. The third-order valence-corrected chi connectivity index (χ3v) is 1.36. The summed E-state index contributed by atoms with van der Waals surface area (Å²) in [5, 5.41) is 21.4. The summed E-state index contributed by atoms with van der Waals surface area (Å²) in [7, 11) is 1.77. The molecule has 1 rings (SSSR count). The molecule has 4 heteroatoms. The molecule has 0 saturated carbocycles. The van der Waals surface area contributed by atoms with Crippen molar-refractivity contribution in [2.45, 2.75) is 12.5 Å². The van der Waals surface area contributed by atoms with Crippen molar-refractivity contribution >= 4 is 0 Å². The molecule has 1 atom stereocenters. The minimum atomic E-state index is -0.749. The molecular formula is C7H9N3O. The molecule has 4 nitrogen and oxygen atoms in total. The van der Waals surface area contributed by atoms with Crippen LogP contribution in [0.3, 0.4) is 0 Å². The first-order chi connectivity index (χ1) is 5.24. The molecule has 0 aliphatic rings. The Bertz CT molecular complexity index is 273. The maximum Gasteiger partial charge on any atom is 0.111 e. The van der Waals surface area contributed by atoms with Crippen LogP contribution in [0.25, 0.3) is 0 Å². The number of nitriles is 1. The van der Waals surface area contributed by atoms with Crippen molar-refractivity contribution in [3.63, 3.8) is 0 Å². The topological polar surface area (TPSA) is 61.8 Å². The van der Waals surface area contributed by atoms with Gasteiger partial charge in [-0.1, -0.05) is 0 Å². The predicted octanol–water partition coefficient (Wildman–Crippen LogP) is 0.367. The summed E-state index contributed by atoms with van der Waals surface area (Å²) in [4.78, 5) is 0. The van der Waals surface area contributed by atoms with Crippen molar-refractivity contribution in [3.05, 3.63) is 18.0 Å². The molecule has 1 unspecified atom stereocenters. The van der Waals surface area contributed by atoms with Gasteiger partial charge in [-0.05, 0) is 6.07 Å². The molecule has 1 N–H and O–H groups in total. The fraction of sp³-hybridized carbons (Fsp3) is 0.429. The molecule has 0 aromatic carbocycles. The molecule has 0 fully saturated rings. The molecule has 0 radical (unpaired) electrons. The minimum Gasteiger partial charge on any atom is -0.386 e. The lowest BCUT2D eigenvalue weighted by molar-refractivity contribution is 0.177. The third kappa shape index (κ3) is 1.79. The Balaban J connectivity index is 2.70. The van der Waals surface area contributed by atoms with Gasteiger partial charge in [0.25, 0.3) is 0 Å². The van der Waals surface area contributed by atoms with E-state index in [4.69, 9.17) is 5.26 Å². The van der Waals surface area contributed by atoms with E-state index in [0.29, 0.717) is 5.69 Å². The Morgan fingerprint density at radius 3 is 3.09 bits per heavy atom. The zero-order valence-electron chi connectivity index (χ0n) is 6.23. The molecule has 58 valence electrons. The number of aliphatic hydroxyl groups is 1. The average molecular weight is 151 g/mol. The van der Waals surface area contributed by atoms with Crippen LogP contribution >= 0.6 is 0 Å². The lowest BCUT2D eigenvalue weighted by Crippen LogP contribution is -1.98. The lowest BCUT2D eigenvalue weighted by atomic mass is 10.2. The molecule has 0 amide bonds. The second-order valence-corrected chi connectivity index (χ2v) is 2.29. The number of hydrogen-bond donors (Lipinski definition) is 1. The van der Waals surface area contributed by atoms with E-state index in [0.717, 1.165) is 0 Å². The highest BCUT2D eigenvalue weighted by atomic mass is 16.3. The second-order valence-electron chi connectivity index (χ2n) is 2.29. The number of nitrogens with zero attached hydrogens (tertiary/aromatic N) is 3. The zero-order chi connectivity index (χ0) is 8.27. The molecule has 0 saturated heterocycles. The van der Waals surface area contributed by atoms with Gasteiger partial charge >= 0.3 is 0 Å². The van der Waals surface area contributed by atoms with E-state index in [2.05, 4.69) is 5.10 Å². The monoisotopic (exact) mass is 151 g/mol. The summed E-state index contributed by atoms with van der Waals surface area (Å²) < 4.78 is 1.59. The molecule has 1 aromatic rings. The van der Waals surface area contributed by atoms with Crippen LogP contribution in [-0.2, 0) is 7.05 Å². The van der Waals surface area contributed by atoms with Crippen molar-refractivity contribution in [2.75, 3.05) is 0 Å². The van der Waals surface area contributed by atoms with Gasteiger partial charge in [-0.2, -0.15) is 10.4 Å². The highest BCUT2D eigenvalue weighted by Crippen LogP contribution is 2.11. The SMILES string of the molecule is Cn1ccc(C(O)CC#N)n1. The van der Waals surface area contributed by atoms with Gasteiger partial charge in [0.15, 0.2) is 0 Å². The van der Waals surface area contributed by atoms with E-state index in [1.165, 1.54) is 0 Å². The molecule has 0 aliphatic heterocycles. The van der Waals surface area contributed by atoms with Crippen molar-refractivity contribution in [1.82, 2.24) is 9.78 Å². The normalized spacial score (nSPS) is 12.5. The van der Waals surface area contributed by atoms with Crippen LogP contribution in [0.5, 0.6) is 0 Å². The van der Waals surface area contributed by atoms with Gasteiger partial charge in [0.1, 0.15) is 6.10 Å². The average Bonchev–Trinajstić information content (AvgIpc) is 2.36. The standard InChI is InChI=1S/C7H9N3O/c1-10-5-3-6(9-10)7(11)2-4-8/h3,5,7,11H,2H2,1H3. The van der Waals surface area contributed by atoms with E-state index < -0.39 is 6.10 Å². The van der Waals surface area contributed by atoms with Gasteiger partial charge in [0.05, 0.1) is 18.2 Å². The smallest absolute Gasteiger partial charge is 0.111 e. The summed E-state index contributed by atoms with van der Waals surface area (Å²) in [5.74, 6) is 0. The van der Waals surface area contributed by atoms with Crippen LogP contribution in [-0.4, -0.2) is 14.9 Å². The number of aromatic nitrogens is 2. The van der Waals surface area contributed by atoms with Crippen LogP contribution in [0.4, 0.5) is 0 Å². The van der Waals surface area contributed by atoms with Crippen LogP contribution in [0.2, 0.25) is 0 Å². The van der Waals surface area contributed by atoms with E-state index >= 15 is 0 Å². The van der Waals surface area contributed by atoms with Crippen molar-refractivity contribution in [2.24, 2.45) is 7.05 Å². The summed E-state index contributed by atoms with van der Waals surface area (Å²) in [6.07, 6.45) is 1.08. The maximum atomic E-state index is 9.24. The fourth-order valence-electron chi connectivity index (χ4n) is 0.802. The number of aryl methyl sites for hydroxylation is 1. The van der Waals surface area contributed by atoms with E-state index in [1.807, 2.05) is 6.07 Å². The largest absolute Gasteiger partial charge is 0.386 e. The highest BCUT2D eigenvalue weighted by Gasteiger charge is 2.08. The summed E-state index contributed by atoms with van der Waals surface area (Å²) in [6.45, 7) is 0. The molecule has 0 bridgehead atoms. The Kier molecular flexibility index (Phi) is 2.24. The van der Waals surface area contributed by atoms with Crippen LogP contribution in [0, 0.1) is 11.3 Å². The molecule has 1 aromatic heterocycles.